The highest BCUT2D eigenvalue weighted by Crippen LogP contribution is 2.25. The van der Waals surface area contributed by atoms with Crippen LogP contribution in [0.1, 0.15) is 24.9 Å². The lowest BCUT2D eigenvalue weighted by molar-refractivity contribution is -0.133. The van der Waals surface area contributed by atoms with E-state index in [9.17, 15) is 18.0 Å². The predicted molar refractivity (Wildman–Crippen MR) is 119 cm³/mol. The molecule has 1 fully saturated rings. The van der Waals surface area contributed by atoms with Crippen molar-refractivity contribution in [2.75, 3.05) is 26.2 Å². The average molecular weight is 456 g/mol. The van der Waals surface area contributed by atoms with E-state index in [2.05, 4.69) is 15.3 Å². The number of hydrogen-bond acceptors (Lipinski definition) is 5. The summed E-state index contributed by atoms with van der Waals surface area (Å²) in [6.45, 7) is 2.42. The van der Waals surface area contributed by atoms with E-state index in [-0.39, 0.29) is 36.2 Å². The number of aromatic amines is 1. The Balaban J connectivity index is 1.42. The smallest absolute Gasteiger partial charge is 0.245 e. The van der Waals surface area contributed by atoms with Crippen LogP contribution in [-0.2, 0) is 19.6 Å². The third-order valence-corrected chi connectivity index (χ3v) is 7.52. The van der Waals surface area contributed by atoms with E-state index in [4.69, 9.17) is 0 Å². The van der Waals surface area contributed by atoms with Gasteiger partial charge in [0.2, 0.25) is 21.8 Å². The fraction of sp³-hybridized carbons (Fsp3) is 0.318. The SMILES string of the molecule is CC(=O)NC(CC(=O)N1CCN(S(=O)(=O)c2c[nH]c3ncccc23)CC1)c1ccccc1. The summed E-state index contributed by atoms with van der Waals surface area (Å²) >= 11 is 0. The molecule has 2 N–H and O–H groups in total. The number of nitrogens with one attached hydrogen (secondary N) is 2. The number of pyridine rings is 1. The molecular weight excluding hydrogens is 430 g/mol. The van der Waals surface area contributed by atoms with Gasteiger partial charge in [0, 0.05) is 50.9 Å². The van der Waals surface area contributed by atoms with Crippen LogP contribution in [0.2, 0.25) is 0 Å². The Morgan fingerprint density at radius 3 is 2.50 bits per heavy atom. The molecule has 0 bridgehead atoms. The van der Waals surface area contributed by atoms with Crippen LogP contribution in [0.5, 0.6) is 0 Å². The molecular formula is C22H25N5O4S. The zero-order chi connectivity index (χ0) is 22.7. The number of carbonyl (C=O) groups excluding carboxylic acids is 2. The Morgan fingerprint density at radius 1 is 1.09 bits per heavy atom. The topological polar surface area (TPSA) is 115 Å². The number of fused-ring (bicyclic) bond motifs is 1. The molecule has 10 heteroatoms. The molecule has 3 aromatic rings. The van der Waals surface area contributed by atoms with E-state index in [1.807, 2.05) is 30.3 Å². The van der Waals surface area contributed by atoms with E-state index < -0.39 is 16.1 Å². The van der Waals surface area contributed by atoms with Crippen molar-refractivity contribution in [3.05, 3.63) is 60.4 Å². The minimum atomic E-state index is -3.71. The van der Waals surface area contributed by atoms with Crippen molar-refractivity contribution in [3.63, 3.8) is 0 Å². The highest BCUT2D eigenvalue weighted by molar-refractivity contribution is 7.89. The molecule has 1 aliphatic heterocycles. The first-order valence-electron chi connectivity index (χ1n) is 10.4. The zero-order valence-corrected chi connectivity index (χ0v) is 18.5. The summed E-state index contributed by atoms with van der Waals surface area (Å²) in [5.41, 5.74) is 1.37. The summed E-state index contributed by atoms with van der Waals surface area (Å²) in [6.07, 6.45) is 3.18. The number of amides is 2. The summed E-state index contributed by atoms with van der Waals surface area (Å²) < 4.78 is 27.7. The predicted octanol–water partition coefficient (Wildman–Crippen LogP) is 1.66. The molecule has 0 aliphatic carbocycles. The maximum absolute atomic E-state index is 13.2. The van der Waals surface area contributed by atoms with Gasteiger partial charge < -0.3 is 15.2 Å². The lowest BCUT2D eigenvalue weighted by Crippen LogP contribution is -2.51. The molecule has 1 saturated heterocycles. The van der Waals surface area contributed by atoms with Gasteiger partial charge in [-0.25, -0.2) is 13.4 Å². The lowest BCUT2D eigenvalue weighted by Gasteiger charge is -2.34. The van der Waals surface area contributed by atoms with Gasteiger partial charge in [0.05, 0.1) is 12.5 Å². The highest BCUT2D eigenvalue weighted by atomic mass is 32.2. The van der Waals surface area contributed by atoms with Crippen LogP contribution in [0.15, 0.2) is 59.8 Å². The Morgan fingerprint density at radius 2 is 1.81 bits per heavy atom. The summed E-state index contributed by atoms with van der Waals surface area (Å²) in [5.74, 6) is -0.336. The van der Waals surface area contributed by atoms with Crippen molar-refractivity contribution in [2.24, 2.45) is 0 Å². The van der Waals surface area contributed by atoms with Gasteiger partial charge in [0.1, 0.15) is 10.5 Å². The van der Waals surface area contributed by atoms with Crippen LogP contribution in [0.4, 0.5) is 0 Å². The summed E-state index contributed by atoms with van der Waals surface area (Å²) in [4.78, 5) is 33.4. The van der Waals surface area contributed by atoms with E-state index in [0.717, 1.165) is 5.56 Å². The molecule has 9 nitrogen and oxygen atoms in total. The number of sulfonamides is 1. The van der Waals surface area contributed by atoms with Crippen LogP contribution in [0.25, 0.3) is 11.0 Å². The molecule has 2 aromatic heterocycles. The van der Waals surface area contributed by atoms with E-state index in [1.54, 1.807) is 23.2 Å². The maximum Gasteiger partial charge on any atom is 0.245 e. The van der Waals surface area contributed by atoms with Gasteiger partial charge in [-0.2, -0.15) is 4.31 Å². The molecule has 0 spiro atoms. The molecule has 3 heterocycles. The van der Waals surface area contributed by atoms with Gasteiger partial charge in [0.15, 0.2) is 0 Å². The number of nitrogens with zero attached hydrogens (tertiary/aromatic N) is 3. The number of carbonyl (C=O) groups is 2. The standard InChI is InChI=1S/C22H25N5O4S/c1-16(28)25-19(17-6-3-2-4-7-17)14-21(29)26-10-12-27(13-11-26)32(30,31)20-15-24-22-18(20)8-5-9-23-22/h2-9,15,19H,10-14H2,1H3,(H,23,24)(H,25,28). The van der Waals surface area contributed by atoms with Crippen LogP contribution >= 0.6 is 0 Å². The monoisotopic (exact) mass is 455 g/mol. The molecule has 168 valence electrons. The van der Waals surface area contributed by atoms with Gasteiger partial charge >= 0.3 is 0 Å². The molecule has 4 rings (SSSR count). The Labute approximate surface area is 186 Å². The third kappa shape index (κ3) is 4.51. The minimum Gasteiger partial charge on any atom is -0.349 e. The number of piperazine rings is 1. The Kier molecular flexibility index (Phi) is 6.24. The van der Waals surface area contributed by atoms with Gasteiger partial charge in [-0.3, -0.25) is 9.59 Å². The molecule has 2 amide bonds. The molecule has 32 heavy (non-hydrogen) atoms. The summed E-state index contributed by atoms with van der Waals surface area (Å²) in [5, 5.41) is 3.38. The second kappa shape index (κ2) is 9.09. The minimum absolute atomic E-state index is 0.116. The molecule has 1 aliphatic rings. The first kappa shape index (κ1) is 22.0. The Hall–Kier alpha value is -3.24. The van der Waals surface area contributed by atoms with Crippen molar-refractivity contribution >= 4 is 32.9 Å². The van der Waals surface area contributed by atoms with Gasteiger partial charge in [-0.1, -0.05) is 30.3 Å². The highest BCUT2D eigenvalue weighted by Gasteiger charge is 2.32. The van der Waals surface area contributed by atoms with Crippen LogP contribution in [0, 0.1) is 0 Å². The van der Waals surface area contributed by atoms with Crippen molar-refractivity contribution < 1.29 is 18.0 Å². The second-order valence-corrected chi connectivity index (χ2v) is 9.61. The van der Waals surface area contributed by atoms with Gasteiger partial charge in [-0.05, 0) is 17.7 Å². The normalized spacial score (nSPS) is 16.1. The van der Waals surface area contributed by atoms with Gasteiger partial charge in [0.25, 0.3) is 0 Å². The number of H-pyrrole nitrogens is 1. The quantitative estimate of drug-likeness (QED) is 0.587. The lowest BCUT2D eigenvalue weighted by atomic mass is 10.0. The van der Waals surface area contributed by atoms with E-state index in [0.29, 0.717) is 24.1 Å². The van der Waals surface area contributed by atoms with Crippen molar-refractivity contribution in [2.45, 2.75) is 24.3 Å². The average Bonchev–Trinajstić information content (AvgIpc) is 3.24. The zero-order valence-electron chi connectivity index (χ0n) is 17.7. The van der Waals surface area contributed by atoms with Crippen LogP contribution in [-0.4, -0.2) is 65.6 Å². The molecule has 0 radical (unpaired) electrons. The van der Waals surface area contributed by atoms with Crippen LogP contribution < -0.4 is 5.32 Å². The number of aromatic nitrogens is 2. The fourth-order valence-electron chi connectivity index (χ4n) is 3.95. The second-order valence-electron chi connectivity index (χ2n) is 7.71. The number of benzene rings is 1. The molecule has 0 saturated carbocycles. The van der Waals surface area contributed by atoms with Crippen molar-refractivity contribution in [1.82, 2.24) is 24.5 Å². The largest absolute Gasteiger partial charge is 0.349 e. The summed E-state index contributed by atoms with van der Waals surface area (Å²) in [6, 6.07) is 12.3. The van der Waals surface area contributed by atoms with Crippen LogP contribution in [0.3, 0.4) is 0 Å². The first-order valence-corrected chi connectivity index (χ1v) is 11.8. The van der Waals surface area contributed by atoms with Gasteiger partial charge in [-0.15, -0.1) is 0 Å². The van der Waals surface area contributed by atoms with E-state index in [1.165, 1.54) is 17.4 Å². The first-order chi connectivity index (χ1) is 15.4. The number of rotatable bonds is 6. The Bertz CT molecular complexity index is 1220. The number of hydrogen-bond donors (Lipinski definition) is 2. The van der Waals surface area contributed by atoms with Crippen molar-refractivity contribution in [3.8, 4) is 0 Å². The molecule has 1 atom stereocenters. The molecule has 1 unspecified atom stereocenters. The molecule has 1 aromatic carbocycles. The maximum atomic E-state index is 13.2. The van der Waals surface area contributed by atoms with Crippen molar-refractivity contribution in [1.29, 1.82) is 0 Å². The fourth-order valence-corrected chi connectivity index (χ4v) is 5.52. The summed E-state index contributed by atoms with van der Waals surface area (Å²) in [7, 11) is -3.71. The van der Waals surface area contributed by atoms with E-state index >= 15 is 0 Å². The third-order valence-electron chi connectivity index (χ3n) is 5.58.